The summed E-state index contributed by atoms with van der Waals surface area (Å²) < 4.78 is 0. The third-order valence-corrected chi connectivity index (χ3v) is 4.24. The first kappa shape index (κ1) is 11.8. The van der Waals surface area contributed by atoms with E-state index in [1.54, 1.807) is 0 Å². The topological polar surface area (TPSA) is 29.1 Å². The summed E-state index contributed by atoms with van der Waals surface area (Å²) >= 11 is 0. The summed E-state index contributed by atoms with van der Waals surface area (Å²) in [6, 6.07) is 10.7. The van der Waals surface area contributed by atoms with E-state index in [9.17, 15) is 4.79 Å². The number of carbonyl (C=O) groups excluding carboxylic acids is 1. The van der Waals surface area contributed by atoms with Crippen LogP contribution in [0.25, 0.3) is 0 Å². The zero-order valence-corrected chi connectivity index (χ0v) is 10.8. The lowest BCUT2D eigenvalue weighted by Crippen LogP contribution is -2.37. The minimum absolute atomic E-state index is 0.0896. The predicted octanol–water partition coefficient (Wildman–Crippen LogP) is 3.24. The van der Waals surface area contributed by atoms with Crippen LogP contribution in [0.5, 0.6) is 0 Å². The van der Waals surface area contributed by atoms with E-state index < -0.39 is 0 Å². The summed E-state index contributed by atoms with van der Waals surface area (Å²) in [4.78, 5) is 12.5. The SMILES string of the molecule is O=C(NC1CCCC1)C(c1ccccc1)C1CC1. The molecule has 0 bridgehead atoms. The van der Waals surface area contributed by atoms with Crippen LogP contribution in [0.3, 0.4) is 0 Å². The molecule has 0 aromatic heterocycles. The van der Waals surface area contributed by atoms with Crippen molar-refractivity contribution in [3.05, 3.63) is 35.9 Å². The van der Waals surface area contributed by atoms with Gasteiger partial charge in [-0.3, -0.25) is 4.79 Å². The van der Waals surface area contributed by atoms with Crippen LogP contribution in [-0.4, -0.2) is 11.9 Å². The smallest absolute Gasteiger partial charge is 0.228 e. The molecular weight excluding hydrogens is 222 g/mol. The highest BCUT2D eigenvalue weighted by Gasteiger charge is 2.37. The molecule has 3 rings (SSSR count). The lowest BCUT2D eigenvalue weighted by atomic mass is 9.93. The Labute approximate surface area is 109 Å². The second kappa shape index (κ2) is 5.13. The first-order chi connectivity index (χ1) is 8.84. The Kier molecular flexibility index (Phi) is 3.35. The Morgan fingerprint density at radius 3 is 2.33 bits per heavy atom. The Morgan fingerprint density at radius 1 is 1.06 bits per heavy atom. The van der Waals surface area contributed by atoms with E-state index in [0.717, 1.165) is 12.8 Å². The van der Waals surface area contributed by atoms with Crippen molar-refractivity contribution in [2.45, 2.75) is 50.5 Å². The van der Waals surface area contributed by atoms with E-state index in [-0.39, 0.29) is 11.8 Å². The molecule has 96 valence electrons. The molecule has 1 aromatic carbocycles. The summed E-state index contributed by atoms with van der Waals surface area (Å²) in [7, 11) is 0. The highest BCUT2D eigenvalue weighted by atomic mass is 16.2. The van der Waals surface area contributed by atoms with Gasteiger partial charge in [-0.15, -0.1) is 0 Å². The molecule has 0 aliphatic heterocycles. The van der Waals surface area contributed by atoms with Gasteiger partial charge in [0.15, 0.2) is 0 Å². The molecular formula is C16H21NO. The van der Waals surface area contributed by atoms with Gasteiger partial charge in [-0.05, 0) is 37.2 Å². The molecule has 1 amide bonds. The van der Waals surface area contributed by atoms with Gasteiger partial charge in [0.2, 0.25) is 5.91 Å². The Bertz CT molecular complexity index is 404. The number of nitrogens with one attached hydrogen (secondary N) is 1. The monoisotopic (exact) mass is 243 g/mol. The molecule has 2 aliphatic carbocycles. The highest BCUT2D eigenvalue weighted by Crippen LogP contribution is 2.42. The largest absolute Gasteiger partial charge is 0.353 e. The van der Waals surface area contributed by atoms with Crippen LogP contribution in [0.15, 0.2) is 30.3 Å². The standard InChI is InChI=1S/C16H21NO/c18-16(17-14-8-4-5-9-14)15(13-10-11-13)12-6-2-1-3-7-12/h1-3,6-7,13-15H,4-5,8-11H2,(H,17,18). The van der Waals surface area contributed by atoms with Crippen LogP contribution in [0, 0.1) is 5.92 Å². The zero-order chi connectivity index (χ0) is 12.4. The molecule has 18 heavy (non-hydrogen) atoms. The predicted molar refractivity (Wildman–Crippen MR) is 72.3 cm³/mol. The molecule has 1 aromatic rings. The minimum Gasteiger partial charge on any atom is -0.353 e. The maximum Gasteiger partial charge on any atom is 0.228 e. The number of hydrogen-bond donors (Lipinski definition) is 1. The van der Waals surface area contributed by atoms with Crippen molar-refractivity contribution in [2.24, 2.45) is 5.92 Å². The number of rotatable bonds is 4. The van der Waals surface area contributed by atoms with Crippen molar-refractivity contribution in [3.63, 3.8) is 0 Å². The first-order valence-electron chi connectivity index (χ1n) is 7.20. The van der Waals surface area contributed by atoms with Crippen LogP contribution in [-0.2, 0) is 4.79 Å². The molecule has 2 aliphatic rings. The second-order valence-corrected chi connectivity index (χ2v) is 5.72. The average Bonchev–Trinajstić information content (AvgIpc) is 3.08. The molecule has 2 heteroatoms. The minimum atomic E-state index is 0.0896. The van der Waals surface area contributed by atoms with Crippen molar-refractivity contribution in [2.75, 3.05) is 0 Å². The molecule has 1 unspecified atom stereocenters. The van der Waals surface area contributed by atoms with E-state index in [4.69, 9.17) is 0 Å². The van der Waals surface area contributed by atoms with Gasteiger partial charge in [-0.2, -0.15) is 0 Å². The molecule has 0 spiro atoms. The van der Waals surface area contributed by atoms with Gasteiger partial charge in [0.05, 0.1) is 5.92 Å². The molecule has 2 nitrogen and oxygen atoms in total. The van der Waals surface area contributed by atoms with Gasteiger partial charge < -0.3 is 5.32 Å². The second-order valence-electron chi connectivity index (χ2n) is 5.72. The first-order valence-corrected chi connectivity index (χ1v) is 7.20. The molecule has 0 saturated heterocycles. The zero-order valence-electron chi connectivity index (χ0n) is 10.8. The van der Waals surface area contributed by atoms with Crippen molar-refractivity contribution < 1.29 is 4.79 Å². The molecule has 0 heterocycles. The fraction of sp³-hybridized carbons (Fsp3) is 0.562. The fourth-order valence-electron chi connectivity index (χ4n) is 3.09. The average molecular weight is 243 g/mol. The molecule has 2 fully saturated rings. The van der Waals surface area contributed by atoms with E-state index in [1.165, 1.54) is 31.2 Å². The van der Waals surface area contributed by atoms with Gasteiger partial charge in [0, 0.05) is 6.04 Å². The third-order valence-electron chi connectivity index (χ3n) is 4.24. The van der Waals surface area contributed by atoms with E-state index in [1.807, 2.05) is 18.2 Å². The van der Waals surface area contributed by atoms with E-state index >= 15 is 0 Å². The molecule has 0 radical (unpaired) electrons. The molecule has 1 N–H and O–H groups in total. The summed E-state index contributed by atoms with van der Waals surface area (Å²) in [5.74, 6) is 0.927. The number of amides is 1. The number of hydrogen-bond acceptors (Lipinski definition) is 1. The van der Waals surface area contributed by atoms with Crippen LogP contribution in [0.2, 0.25) is 0 Å². The quantitative estimate of drug-likeness (QED) is 0.864. The van der Waals surface area contributed by atoms with Crippen LogP contribution < -0.4 is 5.32 Å². The third kappa shape index (κ3) is 2.58. The summed E-state index contributed by atoms with van der Waals surface area (Å²) in [5.41, 5.74) is 1.19. The maximum absolute atomic E-state index is 12.5. The van der Waals surface area contributed by atoms with Crippen molar-refractivity contribution >= 4 is 5.91 Å². The van der Waals surface area contributed by atoms with Gasteiger partial charge in [0.25, 0.3) is 0 Å². The van der Waals surface area contributed by atoms with Gasteiger partial charge in [-0.1, -0.05) is 43.2 Å². The van der Waals surface area contributed by atoms with Crippen LogP contribution in [0.4, 0.5) is 0 Å². The molecule has 1 atom stereocenters. The summed E-state index contributed by atoms with van der Waals surface area (Å²) in [6.07, 6.45) is 7.28. The maximum atomic E-state index is 12.5. The number of carbonyl (C=O) groups is 1. The van der Waals surface area contributed by atoms with Crippen molar-refractivity contribution in [1.82, 2.24) is 5.32 Å². The normalized spacial score (nSPS) is 21.8. The van der Waals surface area contributed by atoms with Crippen molar-refractivity contribution in [1.29, 1.82) is 0 Å². The molecule has 2 saturated carbocycles. The fourth-order valence-corrected chi connectivity index (χ4v) is 3.09. The lowest BCUT2D eigenvalue weighted by Gasteiger charge is -2.20. The Morgan fingerprint density at radius 2 is 1.72 bits per heavy atom. The van der Waals surface area contributed by atoms with Crippen LogP contribution >= 0.6 is 0 Å². The highest BCUT2D eigenvalue weighted by molar-refractivity contribution is 5.84. The Hall–Kier alpha value is -1.31. The van der Waals surface area contributed by atoms with Gasteiger partial charge in [0.1, 0.15) is 0 Å². The summed E-state index contributed by atoms with van der Waals surface area (Å²) in [6.45, 7) is 0. The lowest BCUT2D eigenvalue weighted by molar-refractivity contribution is -0.123. The van der Waals surface area contributed by atoms with Crippen molar-refractivity contribution in [3.8, 4) is 0 Å². The van der Waals surface area contributed by atoms with E-state index in [0.29, 0.717) is 12.0 Å². The van der Waals surface area contributed by atoms with Gasteiger partial charge >= 0.3 is 0 Å². The van der Waals surface area contributed by atoms with Gasteiger partial charge in [-0.25, -0.2) is 0 Å². The number of benzene rings is 1. The van der Waals surface area contributed by atoms with E-state index in [2.05, 4.69) is 17.4 Å². The summed E-state index contributed by atoms with van der Waals surface area (Å²) in [5, 5.41) is 3.26. The Balaban J connectivity index is 1.71. The van der Waals surface area contributed by atoms with Crippen LogP contribution in [0.1, 0.15) is 50.0 Å².